The summed E-state index contributed by atoms with van der Waals surface area (Å²) in [6.45, 7) is 0. The molecule has 2 aromatic heterocycles. The topological polar surface area (TPSA) is 104 Å². The Labute approximate surface area is 180 Å². The highest BCUT2D eigenvalue weighted by molar-refractivity contribution is 7.22. The van der Waals surface area contributed by atoms with Crippen molar-refractivity contribution >= 4 is 44.2 Å². The van der Waals surface area contributed by atoms with Crippen molar-refractivity contribution in [3.8, 4) is 17.2 Å². The number of benzene rings is 2. The molecule has 0 spiro atoms. The van der Waals surface area contributed by atoms with Crippen molar-refractivity contribution in [2.75, 3.05) is 12.4 Å². The first kappa shape index (κ1) is 20.8. The smallest absolute Gasteiger partial charge is 0.496 e. The number of nitrogens with one attached hydrogen (secondary N) is 1. The number of hydrogen-bond donors (Lipinski definition) is 1. The molecule has 14 heteroatoms. The number of carbonyl (C=O) groups is 1. The number of thiazole rings is 1. The summed E-state index contributed by atoms with van der Waals surface area (Å²) in [7, 11) is 1.38. The molecule has 4 rings (SSSR count). The lowest BCUT2D eigenvalue weighted by molar-refractivity contribution is -0.274. The van der Waals surface area contributed by atoms with Gasteiger partial charge < -0.3 is 9.47 Å². The molecule has 2 aromatic carbocycles. The number of nitrogens with zero attached hydrogens (tertiary/aromatic N) is 5. The van der Waals surface area contributed by atoms with Crippen LogP contribution < -0.4 is 14.8 Å². The van der Waals surface area contributed by atoms with E-state index in [0.29, 0.717) is 15.9 Å². The van der Waals surface area contributed by atoms with Crippen LogP contribution in [0, 0.1) is 0 Å². The normalized spacial score (nSPS) is 11.5. The largest absolute Gasteiger partial charge is 0.573 e. The fourth-order valence-electron chi connectivity index (χ4n) is 2.66. The Hall–Kier alpha value is -3.45. The van der Waals surface area contributed by atoms with E-state index in [1.165, 1.54) is 42.4 Å². The maximum absolute atomic E-state index is 12.8. The Morgan fingerprint density at radius 1 is 1.26 bits per heavy atom. The van der Waals surface area contributed by atoms with Crippen LogP contribution in [-0.2, 0) is 0 Å². The van der Waals surface area contributed by atoms with Gasteiger partial charge in [0, 0.05) is 12.1 Å². The number of alkyl halides is 3. The maximum atomic E-state index is 12.8. The molecule has 0 aliphatic carbocycles. The Morgan fingerprint density at radius 2 is 2.06 bits per heavy atom. The fraction of sp³-hybridized carbons (Fsp3) is 0.118. The Bertz CT molecular complexity index is 1260. The molecule has 1 N–H and O–H groups in total. The zero-order chi connectivity index (χ0) is 22.2. The van der Waals surface area contributed by atoms with Gasteiger partial charge in [-0.25, -0.2) is 4.98 Å². The lowest BCUT2D eigenvalue weighted by atomic mass is 10.1. The van der Waals surface area contributed by atoms with Gasteiger partial charge in [0.25, 0.3) is 5.91 Å². The van der Waals surface area contributed by atoms with Gasteiger partial charge in [0.05, 0.1) is 33.6 Å². The molecule has 0 unspecified atom stereocenters. The molecule has 2 heterocycles. The minimum Gasteiger partial charge on any atom is -0.496 e. The van der Waals surface area contributed by atoms with Gasteiger partial charge in [0.1, 0.15) is 17.8 Å². The molecule has 0 radical (unpaired) electrons. The molecule has 0 saturated carbocycles. The van der Waals surface area contributed by atoms with E-state index in [2.05, 4.69) is 30.6 Å². The number of tetrazole rings is 1. The van der Waals surface area contributed by atoms with Crippen LogP contribution in [-0.4, -0.2) is 44.6 Å². The van der Waals surface area contributed by atoms with E-state index >= 15 is 0 Å². The number of amides is 1. The predicted octanol–water partition coefficient (Wildman–Crippen LogP) is 4.08. The average Bonchev–Trinajstić information content (AvgIpc) is 3.35. The summed E-state index contributed by atoms with van der Waals surface area (Å²) in [5, 5.41) is 13.8. The summed E-state index contributed by atoms with van der Waals surface area (Å²) < 4.78 is 48.1. The van der Waals surface area contributed by atoms with Crippen molar-refractivity contribution in [2.45, 2.75) is 6.36 Å². The minimum atomic E-state index is -4.81. The molecular formula is C17H10ClF3N6O3S. The summed E-state index contributed by atoms with van der Waals surface area (Å²) in [4.78, 5) is 17.0. The van der Waals surface area contributed by atoms with Gasteiger partial charge in [-0.3, -0.25) is 10.1 Å². The van der Waals surface area contributed by atoms with E-state index in [1.807, 2.05) is 0 Å². The number of carbonyl (C=O) groups excluding carboxylic acids is 1. The number of hydrogen-bond acceptors (Lipinski definition) is 8. The lowest BCUT2D eigenvalue weighted by Gasteiger charge is -2.11. The summed E-state index contributed by atoms with van der Waals surface area (Å²) in [5.41, 5.74) is 0.913. The number of fused-ring (bicyclic) bond motifs is 1. The molecule has 0 saturated heterocycles. The summed E-state index contributed by atoms with van der Waals surface area (Å²) in [5.74, 6) is -0.754. The predicted molar refractivity (Wildman–Crippen MR) is 105 cm³/mol. The molecule has 0 aliphatic rings. The van der Waals surface area contributed by atoms with E-state index in [9.17, 15) is 18.0 Å². The zero-order valence-electron chi connectivity index (χ0n) is 15.3. The van der Waals surface area contributed by atoms with Gasteiger partial charge in [-0.05, 0) is 28.6 Å². The van der Waals surface area contributed by atoms with Crippen LogP contribution in [0.15, 0.2) is 36.7 Å². The summed E-state index contributed by atoms with van der Waals surface area (Å²) in [6, 6.07) is 6.57. The molecule has 4 aromatic rings. The molecule has 9 nitrogen and oxygen atoms in total. The van der Waals surface area contributed by atoms with Crippen LogP contribution >= 0.6 is 22.9 Å². The van der Waals surface area contributed by atoms with Crippen LogP contribution in [0.2, 0.25) is 5.02 Å². The summed E-state index contributed by atoms with van der Waals surface area (Å²) in [6.07, 6.45) is -3.47. The number of methoxy groups -OCH3 is 1. The third kappa shape index (κ3) is 4.51. The number of rotatable bonds is 5. The SMILES string of the molecule is COc1cc(-n2cnnn2)c(Cl)cc1C(=O)Nc1nc2ccc(OC(F)(F)F)cc2s1. The third-order valence-corrected chi connectivity index (χ3v) is 5.16. The van der Waals surface area contributed by atoms with Gasteiger partial charge in [-0.2, -0.15) is 4.68 Å². The number of aromatic nitrogens is 5. The van der Waals surface area contributed by atoms with Crippen LogP contribution in [0.3, 0.4) is 0 Å². The van der Waals surface area contributed by atoms with Gasteiger partial charge in [0.15, 0.2) is 5.13 Å². The zero-order valence-corrected chi connectivity index (χ0v) is 16.9. The van der Waals surface area contributed by atoms with E-state index in [-0.39, 0.29) is 27.2 Å². The van der Waals surface area contributed by atoms with Crippen LogP contribution in [0.5, 0.6) is 11.5 Å². The first-order valence-corrected chi connectivity index (χ1v) is 9.51. The number of ether oxygens (including phenoxy) is 2. The monoisotopic (exact) mass is 470 g/mol. The lowest BCUT2D eigenvalue weighted by Crippen LogP contribution is -2.16. The highest BCUT2D eigenvalue weighted by Gasteiger charge is 2.31. The Balaban J connectivity index is 1.60. The molecule has 0 atom stereocenters. The first-order valence-electron chi connectivity index (χ1n) is 8.32. The fourth-order valence-corrected chi connectivity index (χ4v) is 3.80. The number of halogens is 4. The molecule has 160 valence electrons. The average molecular weight is 471 g/mol. The summed E-state index contributed by atoms with van der Waals surface area (Å²) >= 11 is 7.24. The highest BCUT2D eigenvalue weighted by atomic mass is 35.5. The van der Waals surface area contributed by atoms with Crippen LogP contribution in [0.25, 0.3) is 15.9 Å². The van der Waals surface area contributed by atoms with Gasteiger partial charge in [0.2, 0.25) is 0 Å². The minimum absolute atomic E-state index is 0.115. The van der Waals surface area contributed by atoms with Crippen molar-refractivity contribution in [3.63, 3.8) is 0 Å². The van der Waals surface area contributed by atoms with Crippen molar-refractivity contribution in [2.24, 2.45) is 0 Å². The van der Waals surface area contributed by atoms with Crippen molar-refractivity contribution in [3.05, 3.63) is 47.2 Å². The van der Waals surface area contributed by atoms with E-state index < -0.39 is 12.3 Å². The molecule has 0 aliphatic heterocycles. The van der Waals surface area contributed by atoms with E-state index in [1.54, 1.807) is 0 Å². The molecule has 31 heavy (non-hydrogen) atoms. The second kappa shape index (κ2) is 8.00. The van der Waals surface area contributed by atoms with Crippen LogP contribution in [0.1, 0.15) is 10.4 Å². The molecule has 1 amide bonds. The van der Waals surface area contributed by atoms with Crippen molar-refractivity contribution < 1.29 is 27.4 Å². The van der Waals surface area contributed by atoms with Gasteiger partial charge in [-0.15, -0.1) is 18.3 Å². The van der Waals surface area contributed by atoms with Crippen molar-refractivity contribution in [1.82, 2.24) is 25.2 Å². The molecule has 0 bridgehead atoms. The maximum Gasteiger partial charge on any atom is 0.573 e. The van der Waals surface area contributed by atoms with Crippen LogP contribution in [0.4, 0.5) is 18.3 Å². The third-order valence-electron chi connectivity index (χ3n) is 3.92. The van der Waals surface area contributed by atoms with Gasteiger partial charge in [-0.1, -0.05) is 22.9 Å². The molecular weight excluding hydrogens is 461 g/mol. The first-order chi connectivity index (χ1) is 14.7. The Kier molecular flexibility index (Phi) is 5.37. The van der Waals surface area contributed by atoms with Crippen molar-refractivity contribution in [1.29, 1.82) is 0 Å². The van der Waals surface area contributed by atoms with Gasteiger partial charge >= 0.3 is 6.36 Å². The highest BCUT2D eigenvalue weighted by Crippen LogP contribution is 2.33. The molecule has 0 fully saturated rings. The number of anilines is 1. The second-order valence-corrected chi connectivity index (χ2v) is 7.35. The standard InChI is InChI=1S/C17H10ClF3N6O3S/c1-29-13-6-12(27-7-22-25-26-27)10(18)5-9(13)15(28)24-16-23-11-3-2-8(4-14(11)31-16)30-17(19,20)21/h2-7H,1H3,(H,23,24,28). The quantitative estimate of drug-likeness (QED) is 0.468. The van der Waals surface area contributed by atoms with E-state index in [0.717, 1.165) is 17.4 Å². The second-order valence-electron chi connectivity index (χ2n) is 5.91. The van der Waals surface area contributed by atoms with E-state index in [4.69, 9.17) is 16.3 Å². The Morgan fingerprint density at radius 3 is 2.74 bits per heavy atom.